The molecule has 1 aliphatic rings. The first kappa shape index (κ1) is 24.0. The van der Waals surface area contributed by atoms with E-state index < -0.39 is 10.0 Å². The van der Waals surface area contributed by atoms with Gasteiger partial charge < -0.3 is 10.2 Å². The van der Waals surface area contributed by atoms with Crippen molar-refractivity contribution in [2.24, 2.45) is 0 Å². The summed E-state index contributed by atoms with van der Waals surface area (Å²) in [5, 5.41) is 3.33. The summed E-state index contributed by atoms with van der Waals surface area (Å²) in [6.45, 7) is 4.72. The third-order valence-electron chi connectivity index (χ3n) is 5.06. The van der Waals surface area contributed by atoms with Crippen LogP contribution in [0.5, 0.6) is 0 Å². The van der Waals surface area contributed by atoms with Crippen molar-refractivity contribution in [1.82, 2.24) is 9.80 Å². The topological polar surface area (TPSA) is 98.8 Å². The van der Waals surface area contributed by atoms with Crippen molar-refractivity contribution in [3.63, 3.8) is 0 Å². The van der Waals surface area contributed by atoms with E-state index in [0.29, 0.717) is 30.3 Å². The molecule has 2 N–H and O–H groups in total. The van der Waals surface area contributed by atoms with Crippen LogP contribution in [0.3, 0.4) is 0 Å². The minimum Gasteiger partial charge on any atom is -0.337 e. The van der Waals surface area contributed by atoms with Crippen LogP contribution >= 0.6 is 11.6 Å². The Kier molecular flexibility index (Phi) is 7.76. The summed E-state index contributed by atoms with van der Waals surface area (Å²) in [4.78, 5) is 28.8. The molecule has 1 heterocycles. The Hall–Kier alpha value is -2.62. The van der Waals surface area contributed by atoms with Crippen LogP contribution in [0.1, 0.15) is 29.3 Å². The number of nitrogens with one attached hydrogen (secondary N) is 2. The van der Waals surface area contributed by atoms with Crippen LogP contribution in [0.4, 0.5) is 11.4 Å². The maximum Gasteiger partial charge on any atom is 0.256 e. The molecule has 172 valence electrons. The number of amides is 2. The summed E-state index contributed by atoms with van der Waals surface area (Å²) >= 11 is 5.96. The average molecular weight is 479 g/mol. The number of halogens is 1. The number of carbonyl (C=O) groups is 2. The van der Waals surface area contributed by atoms with Gasteiger partial charge in [-0.2, -0.15) is 0 Å². The number of benzene rings is 2. The maximum absolute atomic E-state index is 13.3. The van der Waals surface area contributed by atoms with Gasteiger partial charge in [0.1, 0.15) is 0 Å². The van der Waals surface area contributed by atoms with E-state index in [9.17, 15) is 18.0 Å². The number of hydrogen-bond donors (Lipinski definition) is 2. The van der Waals surface area contributed by atoms with Crippen molar-refractivity contribution < 1.29 is 18.0 Å². The molecule has 0 unspecified atom stereocenters. The highest BCUT2D eigenvalue weighted by molar-refractivity contribution is 7.92. The molecule has 1 fully saturated rings. The van der Waals surface area contributed by atoms with Crippen molar-refractivity contribution in [3.05, 3.63) is 58.6 Å². The van der Waals surface area contributed by atoms with Crippen LogP contribution < -0.4 is 10.0 Å². The lowest BCUT2D eigenvalue weighted by Crippen LogP contribution is -2.35. The molecule has 0 aliphatic carbocycles. The SMILES string of the molecule is CC(=O)Nc1ccc(NS(C)(=O)=O)c(C(=O)N2CCCN(Cc3ccc(Cl)cc3)CC2)c1. The quantitative estimate of drug-likeness (QED) is 0.665. The average Bonchev–Trinajstić information content (AvgIpc) is 2.94. The Balaban J connectivity index is 1.76. The molecule has 2 aromatic carbocycles. The minimum absolute atomic E-state index is 0.189. The molecule has 2 aromatic rings. The van der Waals surface area contributed by atoms with Gasteiger partial charge in [-0.1, -0.05) is 23.7 Å². The first-order chi connectivity index (χ1) is 15.1. The fourth-order valence-corrected chi connectivity index (χ4v) is 4.34. The number of carbonyl (C=O) groups excluding carboxylic acids is 2. The highest BCUT2D eigenvalue weighted by atomic mass is 35.5. The van der Waals surface area contributed by atoms with Gasteiger partial charge in [0.05, 0.1) is 17.5 Å². The second-order valence-electron chi connectivity index (χ2n) is 7.86. The Morgan fingerprint density at radius 2 is 1.75 bits per heavy atom. The molecule has 8 nitrogen and oxygen atoms in total. The zero-order valence-electron chi connectivity index (χ0n) is 18.1. The number of anilines is 2. The monoisotopic (exact) mass is 478 g/mol. The maximum atomic E-state index is 13.3. The predicted octanol–water partition coefficient (Wildman–Crippen LogP) is 3.02. The summed E-state index contributed by atoms with van der Waals surface area (Å²) in [6.07, 6.45) is 1.82. The van der Waals surface area contributed by atoms with Gasteiger partial charge in [-0.15, -0.1) is 0 Å². The molecular formula is C22H27ClN4O4S. The molecule has 0 radical (unpaired) electrons. The first-order valence-electron chi connectivity index (χ1n) is 10.3. The zero-order chi connectivity index (χ0) is 23.3. The van der Waals surface area contributed by atoms with Crippen molar-refractivity contribution in [2.45, 2.75) is 19.9 Å². The molecule has 10 heteroatoms. The van der Waals surface area contributed by atoms with Gasteiger partial charge in [-0.05, 0) is 42.3 Å². The Labute approximate surface area is 193 Å². The Bertz CT molecular complexity index is 1090. The molecule has 2 amide bonds. The van der Waals surface area contributed by atoms with Crippen LogP contribution in [0.2, 0.25) is 5.02 Å². The van der Waals surface area contributed by atoms with Crippen LogP contribution in [-0.2, 0) is 21.4 Å². The van der Waals surface area contributed by atoms with Gasteiger partial charge in [-0.25, -0.2) is 8.42 Å². The van der Waals surface area contributed by atoms with E-state index >= 15 is 0 Å². The molecule has 0 atom stereocenters. The molecule has 0 spiro atoms. The second kappa shape index (κ2) is 10.3. The van der Waals surface area contributed by atoms with Crippen molar-refractivity contribution in [2.75, 3.05) is 42.5 Å². The summed E-state index contributed by atoms with van der Waals surface area (Å²) in [5.41, 5.74) is 1.97. The van der Waals surface area contributed by atoms with E-state index in [1.807, 2.05) is 24.3 Å². The molecule has 0 aromatic heterocycles. The fraction of sp³-hybridized carbons (Fsp3) is 0.364. The normalized spacial score (nSPS) is 15.2. The standard InChI is InChI=1S/C22H27ClN4O4S/c1-16(28)24-19-8-9-21(25-32(2,30)31)20(14-19)22(29)27-11-3-10-26(12-13-27)15-17-4-6-18(23)7-5-17/h4-9,14,25H,3,10-13,15H2,1-2H3,(H,24,28). The number of hydrogen-bond acceptors (Lipinski definition) is 5. The molecule has 0 saturated carbocycles. The van der Waals surface area contributed by atoms with E-state index in [4.69, 9.17) is 11.6 Å². The Morgan fingerprint density at radius 3 is 2.41 bits per heavy atom. The lowest BCUT2D eigenvalue weighted by molar-refractivity contribution is -0.114. The number of sulfonamides is 1. The second-order valence-corrected chi connectivity index (χ2v) is 10.0. The first-order valence-corrected chi connectivity index (χ1v) is 12.5. The van der Waals surface area contributed by atoms with E-state index in [2.05, 4.69) is 14.9 Å². The highest BCUT2D eigenvalue weighted by Gasteiger charge is 2.24. The highest BCUT2D eigenvalue weighted by Crippen LogP contribution is 2.24. The molecule has 32 heavy (non-hydrogen) atoms. The summed E-state index contributed by atoms with van der Waals surface area (Å²) in [7, 11) is -3.58. The number of nitrogens with zero attached hydrogens (tertiary/aromatic N) is 2. The lowest BCUT2D eigenvalue weighted by Gasteiger charge is -2.23. The third-order valence-corrected chi connectivity index (χ3v) is 5.90. The van der Waals surface area contributed by atoms with Gasteiger partial charge in [0, 0.05) is 50.4 Å². The van der Waals surface area contributed by atoms with Crippen LogP contribution in [0.15, 0.2) is 42.5 Å². The van der Waals surface area contributed by atoms with Crippen LogP contribution in [0, 0.1) is 0 Å². The molecular weight excluding hydrogens is 452 g/mol. The predicted molar refractivity (Wildman–Crippen MR) is 126 cm³/mol. The zero-order valence-corrected chi connectivity index (χ0v) is 19.7. The lowest BCUT2D eigenvalue weighted by atomic mass is 10.1. The van der Waals surface area contributed by atoms with Crippen molar-refractivity contribution in [1.29, 1.82) is 0 Å². The smallest absolute Gasteiger partial charge is 0.256 e. The third kappa shape index (κ3) is 6.94. The molecule has 1 aliphatic heterocycles. The van der Waals surface area contributed by atoms with Gasteiger partial charge in [0.25, 0.3) is 5.91 Å². The fourth-order valence-electron chi connectivity index (χ4n) is 3.64. The van der Waals surface area contributed by atoms with E-state index in [0.717, 1.165) is 31.3 Å². The van der Waals surface area contributed by atoms with E-state index in [-0.39, 0.29) is 23.1 Å². The molecule has 3 rings (SSSR count). The van der Waals surface area contributed by atoms with E-state index in [1.165, 1.54) is 19.1 Å². The summed E-state index contributed by atoms with van der Waals surface area (Å²) in [6, 6.07) is 12.3. The summed E-state index contributed by atoms with van der Waals surface area (Å²) < 4.78 is 26.0. The Morgan fingerprint density at radius 1 is 1.03 bits per heavy atom. The van der Waals surface area contributed by atoms with Crippen molar-refractivity contribution in [3.8, 4) is 0 Å². The van der Waals surface area contributed by atoms with E-state index in [1.54, 1.807) is 11.0 Å². The number of rotatable bonds is 6. The van der Waals surface area contributed by atoms with Crippen LogP contribution in [-0.4, -0.2) is 62.5 Å². The van der Waals surface area contributed by atoms with Gasteiger partial charge in [-0.3, -0.25) is 19.2 Å². The largest absolute Gasteiger partial charge is 0.337 e. The molecule has 0 bridgehead atoms. The van der Waals surface area contributed by atoms with Crippen molar-refractivity contribution >= 4 is 44.8 Å². The minimum atomic E-state index is -3.58. The van der Waals surface area contributed by atoms with Gasteiger partial charge >= 0.3 is 0 Å². The van der Waals surface area contributed by atoms with Crippen LogP contribution in [0.25, 0.3) is 0 Å². The summed E-state index contributed by atoms with van der Waals surface area (Å²) in [5.74, 6) is -0.559. The van der Waals surface area contributed by atoms with Gasteiger partial charge in [0.2, 0.25) is 15.9 Å². The van der Waals surface area contributed by atoms with Gasteiger partial charge in [0.15, 0.2) is 0 Å². The molecule has 1 saturated heterocycles.